The minimum atomic E-state index is 0.435. The number of rotatable bonds is 2. The molecule has 2 aromatic rings. The van der Waals surface area contributed by atoms with Crippen molar-refractivity contribution in [2.45, 2.75) is 32.2 Å². The number of anilines is 1. The van der Waals surface area contributed by atoms with Crippen molar-refractivity contribution in [3.8, 4) is 0 Å². The van der Waals surface area contributed by atoms with Crippen LogP contribution in [0.1, 0.15) is 34.9 Å². The molecule has 0 spiro atoms. The average Bonchev–Trinajstić information content (AvgIpc) is 2.82. The Hall–Kier alpha value is -0.320. The third-order valence-corrected chi connectivity index (χ3v) is 5.80. The molecule has 1 N–H and O–H groups in total. The van der Waals surface area contributed by atoms with E-state index in [0.29, 0.717) is 6.04 Å². The van der Waals surface area contributed by atoms with Crippen LogP contribution in [0.15, 0.2) is 32.5 Å². The lowest BCUT2D eigenvalue weighted by molar-refractivity contribution is 0.608. The summed E-state index contributed by atoms with van der Waals surface area (Å²) < 4.78 is 2.25. The third-order valence-electron chi connectivity index (χ3n) is 3.56. The summed E-state index contributed by atoms with van der Waals surface area (Å²) in [4.78, 5) is 1.54. The van der Waals surface area contributed by atoms with Gasteiger partial charge in [0.1, 0.15) is 0 Å². The SMILES string of the molecule is Cc1cc(Br)c(NC2CCCc3sccc32)c(Br)c1. The van der Waals surface area contributed by atoms with Gasteiger partial charge in [0.25, 0.3) is 0 Å². The molecule has 0 amide bonds. The summed E-state index contributed by atoms with van der Waals surface area (Å²) in [5.41, 5.74) is 3.90. The fraction of sp³-hybridized carbons (Fsp3) is 0.333. The first-order valence-corrected chi connectivity index (χ1v) is 8.90. The van der Waals surface area contributed by atoms with Crippen molar-refractivity contribution in [3.63, 3.8) is 0 Å². The Balaban J connectivity index is 1.92. The maximum atomic E-state index is 3.70. The first-order valence-electron chi connectivity index (χ1n) is 6.43. The first-order chi connectivity index (χ1) is 9.15. The number of aryl methyl sites for hydroxylation is 2. The van der Waals surface area contributed by atoms with Crippen molar-refractivity contribution in [2.24, 2.45) is 0 Å². The molecule has 0 bridgehead atoms. The second-order valence-electron chi connectivity index (χ2n) is 4.99. The quantitative estimate of drug-likeness (QED) is 0.644. The molecule has 1 aliphatic rings. The van der Waals surface area contributed by atoms with Crippen molar-refractivity contribution >= 4 is 48.9 Å². The van der Waals surface area contributed by atoms with Crippen LogP contribution in [0.2, 0.25) is 0 Å². The zero-order chi connectivity index (χ0) is 13.4. The van der Waals surface area contributed by atoms with Crippen LogP contribution in [-0.2, 0) is 6.42 Å². The maximum Gasteiger partial charge on any atom is 0.0634 e. The number of hydrogen-bond donors (Lipinski definition) is 1. The Labute approximate surface area is 134 Å². The van der Waals surface area contributed by atoms with E-state index in [1.165, 1.54) is 30.4 Å². The van der Waals surface area contributed by atoms with Crippen molar-refractivity contribution in [2.75, 3.05) is 5.32 Å². The molecule has 100 valence electrons. The summed E-state index contributed by atoms with van der Waals surface area (Å²) in [5, 5.41) is 5.91. The normalized spacial score (nSPS) is 18.2. The highest BCUT2D eigenvalue weighted by Gasteiger charge is 2.22. The van der Waals surface area contributed by atoms with Crippen molar-refractivity contribution < 1.29 is 0 Å². The van der Waals surface area contributed by atoms with Crippen LogP contribution in [-0.4, -0.2) is 0 Å². The van der Waals surface area contributed by atoms with Crippen LogP contribution < -0.4 is 5.32 Å². The second-order valence-corrected chi connectivity index (χ2v) is 7.70. The molecule has 19 heavy (non-hydrogen) atoms. The molecule has 0 fully saturated rings. The van der Waals surface area contributed by atoms with E-state index in [9.17, 15) is 0 Å². The Bertz CT molecular complexity index is 583. The van der Waals surface area contributed by atoms with E-state index in [-0.39, 0.29) is 0 Å². The molecule has 1 aliphatic carbocycles. The van der Waals surface area contributed by atoms with E-state index < -0.39 is 0 Å². The number of thiophene rings is 1. The summed E-state index contributed by atoms with van der Waals surface area (Å²) >= 11 is 9.22. The van der Waals surface area contributed by atoms with Gasteiger partial charge in [0.05, 0.1) is 11.7 Å². The van der Waals surface area contributed by atoms with Crippen LogP contribution in [0, 0.1) is 6.92 Å². The van der Waals surface area contributed by atoms with Gasteiger partial charge in [-0.3, -0.25) is 0 Å². The number of hydrogen-bond acceptors (Lipinski definition) is 2. The van der Waals surface area contributed by atoms with E-state index in [1.54, 1.807) is 4.88 Å². The smallest absolute Gasteiger partial charge is 0.0634 e. The molecule has 1 atom stereocenters. The van der Waals surface area contributed by atoms with Crippen molar-refractivity contribution in [1.82, 2.24) is 0 Å². The van der Waals surface area contributed by atoms with Crippen molar-refractivity contribution in [1.29, 1.82) is 0 Å². The zero-order valence-electron chi connectivity index (χ0n) is 10.7. The monoisotopic (exact) mass is 399 g/mol. The van der Waals surface area contributed by atoms with E-state index in [1.807, 2.05) is 11.3 Å². The van der Waals surface area contributed by atoms with Gasteiger partial charge in [0.15, 0.2) is 0 Å². The highest BCUT2D eigenvalue weighted by atomic mass is 79.9. The molecule has 4 heteroatoms. The van der Waals surface area contributed by atoms with Gasteiger partial charge in [-0.1, -0.05) is 0 Å². The Kier molecular flexibility index (Phi) is 4.01. The summed E-state index contributed by atoms with van der Waals surface area (Å²) in [6.07, 6.45) is 3.71. The predicted octanol–water partition coefficient (Wildman–Crippen LogP) is 6.07. The van der Waals surface area contributed by atoms with Crippen LogP contribution >= 0.6 is 43.2 Å². The molecule has 0 saturated heterocycles. The molecule has 1 heterocycles. The zero-order valence-corrected chi connectivity index (χ0v) is 14.7. The molecule has 1 unspecified atom stereocenters. The average molecular weight is 401 g/mol. The van der Waals surface area contributed by atoms with Crippen molar-refractivity contribution in [3.05, 3.63) is 48.5 Å². The molecular formula is C15H15Br2NS. The van der Waals surface area contributed by atoms with Crippen LogP contribution in [0.25, 0.3) is 0 Å². The molecule has 1 aromatic carbocycles. The maximum absolute atomic E-state index is 3.70. The van der Waals surface area contributed by atoms with Crippen LogP contribution in [0.3, 0.4) is 0 Å². The molecule has 0 aliphatic heterocycles. The van der Waals surface area contributed by atoms with Gasteiger partial charge in [-0.15, -0.1) is 11.3 Å². The standard InChI is InChI=1S/C15H15Br2NS/c1-9-7-11(16)15(12(17)8-9)18-13-3-2-4-14-10(13)5-6-19-14/h5-8,13,18H,2-4H2,1H3. The minimum Gasteiger partial charge on any atom is -0.376 e. The van der Waals surface area contributed by atoms with Gasteiger partial charge < -0.3 is 5.32 Å². The van der Waals surface area contributed by atoms with Gasteiger partial charge in [-0.25, -0.2) is 0 Å². The summed E-state index contributed by atoms with van der Waals surface area (Å²) in [5.74, 6) is 0. The van der Waals surface area contributed by atoms with Gasteiger partial charge >= 0.3 is 0 Å². The Morgan fingerprint density at radius 3 is 2.74 bits per heavy atom. The fourth-order valence-electron chi connectivity index (χ4n) is 2.65. The highest BCUT2D eigenvalue weighted by molar-refractivity contribution is 9.11. The predicted molar refractivity (Wildman–Crippen MR) is 90.2 cm³/mol. The fourth-order valence-corrected chi connectivity index (χ4v) is 5.28. The molecule has 1 nitrogen and oxygen atoms in total. The van der Waals surface area contributed by atoms with Crippen LogP contribution in [0.5, 0.6) is 0 Å². The lowest BCUT2D eigenvalue weighted by Gasteiger charge is -2.26. The summed E-state index contributed by atoms with van der Waals surface area (Å²) in [6, 6.07) is 7.02. The van der Waals surface area contributed by atoms with E-state index in [2.05, 4.69) is 67.7 Å². The summed E-state index contributed by atoms with van der Waals surface area (Å²) in [7, 11) is 0. The summed E-state index contributed by atoms with van der Waals surface area (Å²) in [6.45, 7) is 2.11. The number of fused-ring (bicyclic) bond motifs is 1. The van der Waals surface area contributed by atoms with Gasteiger partial charge in [-0.2, -0.15) is 0 Å². The Morgan fingerprint density at radius 2 is 2.00 bits per heavy atom. The number of halogens is 2. The van der Waals surface area contributed by atoms with E-state index in [4.69, 9.17) is 0 Å². The lowest BCUT2D eigenvalue weighted by Crippen LogP contribution is -2.16. The largest absolute Gasteiger partial charge is 0.376 e. The first kappa shape index (κ1) is 13.7. The second kappa shape index (κ2) is 5.58. The van der Waals surface area contributed by atoms with Gasteiger partial charge in [0.2, 0.25) is 0 Å². The molecule has 3 rings (SSSR count). The topological polar surface area (TPSA) is 12.0 Å². The number of benzene rings is 1. The van der Waals surface area contributed by atoms with E-state index >= 15 is 0 Å². The highest BCUT2D eigenvalue weighted by Crippen LogP contribution is 2.39. The molecule has 0 radical (unpaired) electrons. The Morgan fingerprint density at radius 1 is 1.26 bits per heavy atom. The number of nitrogens with one attached hydrogen (secondary N) is 1. The van der Waals surface area contributed by atoms with E-state index in [0.717, 1.165) is 14.6 Å². The van der Waals surface area contributed by atoms with Gasteiger partial charge in [0, 0.05) is 13.8 Å². The van der Waals surface area contributed by atoms with Crippen LogP contribution in [0.4, 0.5) is 5.69 Å². The molecule has 1 aromatic heterocycles. The third kappa shape index (κ3) is 2.76. The molecular weight excluding hydrogens is 386 g/mol. The minimum absolute atomic E-state index is 0.435. The molecule has 0 saturated carbocycles. The lowest BCUT2D eigenvalue weighted by atomic mass is 9.94. The van der Waals surface area contributed by atoms with Gasteiger partial charge in [-0.05, 0) is 92.8 Å².